The van der Waals surface area contributed by atoms with E-state index >= 15 is 0 Å². The Morgan fingerprint density at radius 3 is 2.80 bits per heavy atom. The Morgan fingerprint density at radius 2 is 2.15 bits per heavy atom. The number of aryl methyl sites for hydroxylation is 1. The molecule has 0 amide bonds. The number of hydrogen-bond acceptors (Lipinski definition) is 1. The first-order valence-corrected chi connectivity index (χ1v) is 8.17. The fraction of sp³-hybridized carbons (Fsp3) is 0.667. The van der Waals surface area contributed by atoms with Gasteiger partial charge in [0.2, 0.25) is 0 Å². The van der Waals surface area contributed by atoms with Gasteiger partial charge in [0.1, 0.15) is 5.82 Å². The third-order valence-corrected chi connectivity index (χ3v) is 5.47. The fourth-order valence-corrected chi connectivity index (χ4v) is 4.47. The van der Waals surface area contributed by atoms with E-state index in [4.69, 9.17) is 0 Å². The Labute approximate surface area is 122 Å². The Balaban J connectivity index is 1.77. The maximum absolute atomic E-state index is 14.4. The van der Waals surface area contributed by atoms with Gasteiger partial charge in [-0.1, -0.05) is 31.5 Å². The van der Waals surface area contributed by atoms with Crippen LogP contribution in [0, 0.1) is 30.5 Å². The summed E-state index contributed by atoms with van der Waals surface area (Å²) in [7, 11) is 0. The normalized spacial score (nSPS) is 29.9. The minimum atomic E-state index is -0.0124. The van der Waals surface area contributed by atoms with Crippen LogP contribution in [0.15, 0.2) is 18.2 Å². The molecule has 20 heavy (non-hydrogen) atoms. The highest BCUT2D eigenvalue weighted by atomic mass is 19.1. The van der Waals surface area contributed by atoms with E-state index in [-0.39, 0.29) is 11.9 Å². The van der Waals surface area contributed by atoms with Crippen molar-refractivity contribution in [3.8, 4) is 0 Å². The summed E-state index contributed by atoms with van der Waals surface area (Å²) in [5, 5.41) is 3.51. The van der Waals surface area contributed by atoms with Crippen LogP contribution in [0.3, 0.4) is 0 Å². The quantitative estimate of drug-likeness (QED) is 0.827. The molecule has 4 unspecified atom stereocenters. The van der Waals surface area contributed by atoms with E-state index in [0.717, 1.165) is 41.8 Å². The summed E-state index contributed by atoms with van der Waals surface area (Å²) in [6.45, 7) is 4.87. The van der Waals surface area contributed by atoms with Crippen LogP contribution >= 0.6 is 0 Å². The van der Waals surface area contributed by atoms with Gasteiger partial charge < -0.3 is 5.32 Å². The van der Waals surface area contributed by atoms with Crippen molar-refractivity contribution >= 4 is 0 Å². The first-order chi connectivity index (χ1) is 9.69. The predicted octanol–water partition coefficient (Wildman–Crippen LogP) is 4.61. The number of halogens is 1. The van der Waals surface area contributed by atoms with E-state index in [9.17, 15) is 4.39 Å². The average molecular weight is 275 g/mol. The predicted molar refractivity (Wildman–Crippen MR) is 81.1 cm³/mol. The van der Waals surface area contributed by atoms with Crippen LogP contribution in [-0.4, -0.2) is 6.54 Å². The van der Waals surface area contributed by atoms with Gasteiger partial charge in [-0.2, -0.15) is 0 Å². The van der Waals surface area contributed by atoms with Crippen molar-refractivity contribution in [2.24, 2.45) is 17.8 Å². The summed E-state index contributed by atoms with van der Waals surface area (Å²) < 4.78 is 14.4. The second kappa shape index (κ2) is 5.85. The van der Waals surface area contributed by atoms with E-state index in [1.807, 2.05) is 25.1 Å². The number of rotatable bonds is 5. The molecule has 0 heterocycles. The fourth-order valence-electron chi connectivity index (χ4n) is 4.47. The molecule has 0 spiro atoms. The van der Waals surface area contributed by atoms with E-state index in [1.54, 1.807) is 0 Å². The van der Waals surface area contributed by atoms with Crippen LogP contribution in [0.5, 0.6) is 0 Å². The Hall–Kier alpha value is -0.890. The average Bonchev–Trinajstić information content (AvgIpc) is 3.04. The van der Waals surface area contributed by atoms with Crippen LogP contribution in [0.1, 0.15) is 56.2 Å². The molecule has 0 aromatic heterocycles. The molecule has 0 saturated heterocycles. The Morgan fingerprint density at radius 1 is 1.30 bits per heavy atom. The molecule has 2 aliphatic rings. The zero-order chi connectivity index (χ0) is 14.1. The van der Waals surface area contributed by atoms with Crippen molar-refractivity contribution in [3.05, 3.63) is 35.1 Å². The third-order valence-electron chi connectivity index (χ3n) is 5.47. The van der Waals surface area contributed by atoms with Gasteiger partial charge in [0.25, 0.3) is 0 Å². The molecule has 0 aliphatic heterocycles. The van der Waals surface area contributed by atoms with E-state index in [0.29, 0.717) is 0 Å². The molecule has 1 aromatic carbocycles. The van der Waals surface area contributed by atoms with Crippen molar-refractivity contribution < 1.29 is 4.39 Å². The summed E-state index contributed by atoms with van der Waals surface area (Å²) in [5.74, 6) is 2.67. The van der Waals surface area contributed by atoms with Gasteiger partial charge in [0, 0.05) is 11.6 Å². The lowest BCUT2D eigenvalue weighted by Crippen LogP contribution is -2.26. The van der Waals surface area contributed by atoms with Gasteiger partial charge in [-0.3, -0.25) is 0 Å². The molecular weight excluding hydrogens is 249 g/mol. The third kappa shape index (κ3) is 2.63. The molecule has 1 aromatic rings. The van der Waals surface area contributed by atoms with Crippen molar-refractivity contribution in [2.45, 2.75) is 52.0 Å². The Bertz CT molecular complexity index is 470. The smallest absolute Gasteiger partial charge is 0.130 e. The van der Waals surface area contributed by atoms with Gasteiger partial charge in [-0.05, 0) is 62.5 Å². The maximum atomic E-state index is 14.4. The van der Waals surface area contributed by atoms with Crippen LogP contribution in [0.2, 0.25) is 0 Å². The lowest BCUT2D eigenvalue weighted by molar-refractivity contribution is 0.278. The molecule has 2 heteroatoms. The van der Waals surface area contributed by atoms with Crippen molar-refractivity contribution in [2.75, 3.05) is 6.54 Å². The molecule has 4 atom stereocenters. The van der Waals surface area contributed by atoms with Crippen LogP contribution in [-0.2, 0) is 0 Å². The summed E-state index contributed by atoms with van der Waals surface area (Å²) in [4.78, 5) is 0. The summed E-state index contributed by atoms with van der Waals surface area (Å²) >= 11 is 0. The highest BCUT2D eigenvalue weighted by Crippen LogP contribution is 2.51. The van der Waals surface area contributed by atoms with E-state index < -0.39 is 0 Å². The lowest BCUT2D eigenvalue weighted by Gasteiger charge is -2.28. The maximum Gasteiger partial charge on any atom is 0.130 e. The molecule has 2 aliphatic carbocycles. The zero-order valence-electron chi connectivity index (χ0n) is 12.7. The van der Waals surface area contributed by atoms with Gasteiger partial charge in [0.05, 0.1) is 0 Å². The highest BCUT2D eigenvalue weighted by molar-refractivity contribution is 5.27. The Kier molecular flexibility index (Phi) is 4.11. The first kappa shape index (κ1) is 14.1. The van der Waals surface area contributed by atoms with E-state index in [1.165, 1.54) is 25.7 Å². The second-order valence-corrected chi connectivity index (χ2v) is 6.76. The number of hydrogen-bond donors (Lipinski definition) is 1. The molecule has 110 valence electrons. The monoisotopic (exact) mass is 275 g/mol. The van der Waals surface area contributed by atoms with Crippen molar-refractivity contribution in [3.63, 3.8) is 0 Å². The number of nitrogens with one attached hydrogen (secondary N) is 1. The minimum absolute atomic E-state index is 0.0124. The molecule has 1 N–H and O–H groups in total. The lowest BCUT2D eigenvalue weighted by atomic mass is 9.82. The number of benzene rings is 1. The van der Waals surface area contributed by atoms with Gasteiger partial charge in [-0.15, -0.1) is 0 Å². The standard InChI is InChI=1S/C18H26FN/c1-3-20-17(16-6-4-5-12(2)18(16)19)11-15-10-13-7-8-14(15)9-13/h4-6,13-15,17,20H,3,7-11H2,1-2H3. The van der Waals surface area contributed by atoms with Gasteiger partial charge in [0.15, 0.2) is 0 Å². The van der Waals surface area contributed by atoms with Crippen LogP contribution in [0.4, 0.5) is 4.39 Å². The first-order valence-electron chi connectivity index (χ1n) is 8.17. The molecule has 0 radical (unpaired) electrons. The highest BCUT2D eigenvalue weighted by Gasteiger charge is 2.40. The molecule has 2 fully saturated rings. The number of fused-ring (bicyclic) bond motifs is 2. The summed E-state index contributed by atoms with van der Waals surface area (Å²) in [6.07, 6.45) is 6.76. The van der Waals surface area contributed by atoms with E-state index in [2.05, 4.69) is 12.2 Å². The molecule has 2 bridgehead atoms. The van der Waals surface area contributed by atoms with Crippen LogP contribution in [0.25, 0.3) is 0 Å². The molecule has 1 nitrogen and oxygen atoms in total. The summed E-state index contributed by atoms with van der Waals surface area (Å²) in [6, 6.07) is 5.99. The second-order valence-electron chi connectivity index (χ2n) is 6.76. The topological polar surface area (TPSA) is 12.0 Å². The SMILES string of the molecule is CCNC(CC1CC2CCC1C2)c1cccc(C)c1F. The van der Waals surface area contributed by atoms with Gasteiger partial charge >= 0.3 is 0 Å². The molecule has 2 saturated carbocycles. The van der Waals surface area contributed by atoms with Gasteiger partial charge in [-0.25, -0.2) is 4.39 Å². The largest absolute Gasteiger partial charge is 0.310 e. The van der Waals surface area contributed by atoms with Crippen molar-refractivity contribution in [1.29, 1.82) is 0 Å². The molecule has 3 rings (SSSR count). The van der Waals surface area contributed by atoms with Crippen molar-refractivity contribution in [1.82, 2.24) is 5.32 Å². The molecular formula is C18H26FN. The zero-order valence-corrected chi connectivity index (χ0v) is 12.7. The van der Waals surface area contributed by atoms with Crippen LogP contribution < -0.4 is 5.32 Å². The minimum Gasteiger partial charge on any atom is -0.310 e. The summed E-state index contributed by atoms with van der Waals surface area (Å²) in [5.41, 5.74) is 1.63.